The van der Waals surface area contributed by atoms with E-state index in [9.17, 15) is 24.0 Å². The first-order valence-electron chi connectivity index (χ1n) is 14.9. The second kappa shape index (κ2) is 13.7. The Balaban J connectivity index is 1.54. The lowest BCUT2D eigenvalue weighted by atomic mass is 9.80. The first kappa shape index (κ1) is 31.5. The Morgan fingerprint density at radius 2 is 1.49 bits per heavy atom. The van der Waals surface area contributed by atoms with E-state index in [0.29, 0.717) is 24.2 Å². The summed E-state index contributed by atoms with van der Waals surface area (Å²) in [6.07, 6.45) is 3.57. The van der Waals surface area contributed by atoms with Gasteiger partial charge in [-0.3, -0.25) is 14.4 Å². The van der Waals surface area contributed by atoms with Gasteiger partial charge in [-0.25, -0.2) is 14.5 Å². The molecule has 0 aromatic heterocycles. The van der Waals surface area contributed by atoms with Gasteiger partial charge in [-0.2, -0.15) is 0 Å². The molecule has 2 aromatic rings. The van der Waals surface area contributed by atoms with Crippen molar-refractivity contribution < 1.29 is 29.1 Å². The Labute approximate surface area is 252 Å². The van der Waals surface area contributed by atoms with Gasteiger partial charge in [0.25, 0.3) is 5.91 Å². The number of amides is 6. The van der Waals surface area contributed by atoms with Gasteiger partial charge in [0.15, 0.2) is 0 Å². The maximum Gasteiger partial charge on any atom is 0.328 e. The van der Waals surface area contributed by atoms with Crippen LogP contribution in [0, 0.1) is 5.92 Å². The molecule has 230 valence electrons. The molecule has 2 atom stereocenters. The Morgan fingerprint density at radius 3 is 2.07 bits per heavy atom. The molecule has 2 aromatic carbocycles. The fourth-order valence-electron chi connectivity index (χ4n) is 5.97. The molecule has 43 heavy (non-hydrogen) atoms. The third kappa shape index (κ3) is 7.52. The number of anilines is 2. The van der Waals surface area contributed by atoms with E-state index in [1.54, 1.807) is 48.2 Å². The molecule has 0 bridgehead atoms. The molecule has 4 N–H and O–H groups in total. The number of hydrogen-bond acceptors (Lipinski definition) is 5. The summed E-state index contributed by atoms with van der Waals surface area (Å²) in [5.41, 5.74) is 0.974. The second-order valence-electron chi connectivity index (χ2n) is 11.9. The van der Waals surface area contributed by atoms with Gasteiger partial charge in [-0.1, -0.05) is 63.4 Å². The topological polar surface area (TPSA) is 148 Å². The summed E-state index contributed by atoms with van der Waals surface area (Å²) in [6, 6.07) is 13.6. The van der Waals surface area contributed by atoms with Crippen molar-refractivity contribution in [1.82, 2.24) is 15.1 Å². The molecule has 6 amide bonds. The van der Waals surface area contributed by atoms with Crippen molar-refractivity contribution in [2.45, 2.75) is 89.9 Å². The molecule has 2 unspecified atom stereocenters. The average Bonchev–Trinajstić information content (AvgIpc) is 3.13. The van der Waals surface area contributed by atoms with E-state index in [4.69, 9.17) is 5.11 Å². The number of benzene rings is 2. The molecule has 1 saturated heterocycles. The Hall–Kier alpha value is -4.41. The summed E-state index contributed by atoms with van der Waals surface area (Å²) in [6.45, 7) is 5.58. The van der Waals surface area contributed by atoms with Crippen LogP contribution in [-0.4, -0.2) is 62.4 Å². The number of urea groups is 2. The van der Waals surface area contributed by atoms with Crippen LogP contribution in [0.5, 0.6) is 0 Å². The summed E-state index contributed by atoms with van der Waals surface area (Å²) in [5, 5.41) is 17.4. The molecule has 11 nitrogen and oxygen atoms in total. The van der Waals surface area contributed by atoms with Gasteiger partial charge in [-0.05, 0) is 61.9 Å². The van der Waals surface area contributed by atoms with Crippen molar-refractivity contribution in [3.8, 4) is 0 Å². The van der Waals surface area contributed by atoms with Crippen molar-refractivity contribution in [2.75, 3.05) is 10.6 Å². The zero-order chi connectivity index (χ0) is 31.1. The normalized spacial score (nSPS) is 17.6. The van der Waals surface area contributed by atoms with Gasteiger partial charge in [-0.15, -0.1) is 0 Å². The van der Waals surface area contributed by atoms with Gasteiger partial charge in [0.05, 0.1) is 6.42 Å². The van der Waals surface area contributed by atoms with Gasteiger partial charge < -0.3 is 26.0 Å². The molecule has 1 aliphatic heterocycles. The van der Waals surface area contributed by atoms with Crippen molar-refractivity contribution in [3.05, 3.63) is 60.2 Å². The summed E-state index contributed by atoms with van der Waals surface area (Å²) in [4.78, 5) is 67.9. The summed E-state index contributed by atoms with van der Waals surface area (Å²) in [7, 11) is 0. The highest BCUT2D eigenvalue weighted by Gasteiger charge is 2.59. The molecule has 4 rings (SSSR count). The number of hydrogen-bond donors (Lipinski definition) is 4. The SMILES string of the molecule is CC(C)CC(C(=O)NC(C)CC(=O)O)N1C(=O)N(Cc2ccc(NC(=O)Nc3ccccc3)cc2)C2(CCCCC2)C1=O. The molecule has 11 heteroatoms. The number of carbonyl (C=O) groups is 5. The number of rotatable bonds is 11. The van der Waals surface area contributed by atoms with E-state index in [2.05, 4.69) is 16.0 Å². The molecular formula is C32H41N5O6. The fraction of sp³-hybridized carbons (Fsp3) is 0.469. The van der Waals surface area contributed by atoms with Crippen LogP contribution in [-0.2, 0) is 20.9 Å². The highest BCUT2D eigenvalue weighted by Crippen LogP contribution is 2.42. The Bertz CT molecular complexity index is 1320. The molecule has 0 radical (unpaired) electrons. The number of carboxylic acids is 1. The van der Waals surface area contributed by atoms with Crippen LogP contribution in [0.15, 0.2) is 54.6 Å². The number of carbonyl (C=O) groups excluding carboxylic acids is 4. The summed E-state index contributed by atoms with van der Waals surface area (Å²) in [5.74, 6) is -1.94. The highest BCUT2D eigenvalue weighted by molar-refractivity contribution is 6.10. The van der Waals surface area contributed by atoms with Crippen LogP contribution in [0.2, 0.25) is 0 Å². The third-order valence-corrected chi connectivity index (χ3v) is 8.01. The van der Waals surface area contributed by atoms with Gasteiger partial charge in [0.1, 0.15) is 11.6 Å². The second-order valence-corrected chi connectivity index (χ2v) is 11.9. The van der Waals surface area contributed by atoms with Gasteiger partial charge in [0, 0.05) is 24.0 Å². The molecule has 2 aliphatic rings. The molecule has 1 saturated carbocycles. The van der Waals surface area contributed by atoms with E-state index >= 15 is 0 Å². The van der Waals surface area contributed by atoms with Crippen molar-refractivity contribution in [2.24, 2.45) is 5.92 Å². The number of imide groups is 1. The maximum atomic E-state index is 14.1. The Kier molecular flexibility index (Phi) is 10.1. The third-order valence-electron chi connectivity index (χ3n) is 8.01. The van der Waals surface area contributed by atoms with Gasteiger partial charge >= 0.3 is 18.0 Å². The standard InChI is InChI=1S/C32H41N5O6/c1-21(2)18-26(28(40)33-22(3)19-27(38)39)37-29(41)32(16-8-5-9-17-32)36(31(37)43)20-23-12-14-25(15-13-23)35-30(42)34-24-10-6-4-7-11-24/h4,6-7,10-15,21-22,26H,5,8-9,16-20H2,1-3H3,(H,33,40)(H,38,39)(H2,34,35,42). The number of nitrogens with one attached hydrogen (secondary N) is 3. The lowest BCUT2D eigenvalue weighted by molar-refractivity contribution is -0.142. The lowest BCUT2D eigenvalue weighted by Crippen LogP contribution is -2.54. The monoisotopic (exact) mass is 591 g/mol. The highest BCUT2D eigenvalue weighted by atomic mass is 16.4. The van der Waals surface area contributed by atoms with E-state index < -0.39 is 35.5 Å². The summed E-state index contributed by atoms with van der Waals surface area (Å²) < 4.78 is 0. The quantitative estimate of drug-likeness (QED) is 0.264. The molecule has 1 spiro atoms. The Morgan fingerprint density at radius 1 is 0.884 bits per heavy atom. The van der Waals surface area contributed by atoms with Crippen LogP contribution in [0.1, 0.15) is 71.3 Å². The predicted octanol–water partition coefficient (Wildman–Crippen LogP) is 5.19. The minimum Gasteiger partial charge on any atom is -0.481 e. The van der Waals surface area contributed by atoms with Crippen LogP contribution in [0.4, 0.5) is 21.0 Å². The number of aliphatic carboxylic acids is 1. The van der Waals surface area contributed by atoms with E-state index in [1.807, 2.05) is 32.0 Å². The van der Waals surface area contributed by atoms with Crippen LogP contribution in [0.3, 0.4) is 0 Å². The minimum absolute atomic E-state index is 0.00150. The zero-order valence-electron chi connectivity index (χ0n) is 25.0. The van der Waals surface area contributed by atoms with Crippen LogP contribution >= 0.6 is 0 Å². The van der Waals surface area contributed by atoms with E-state index in [0.717, 1.165) is 29.7 Å². The molecule has 2 fully saturated rings. The number of para-hydroxylation sites is 1. The zero-order valence-corrected chi connectivity index (χ0v) is 25.0. The summed E-state index contributed by atoms with van der Waals surface area (Å²) >= 11 is 0. The van der Waals surface area contributed by atoms with E-state index in [-0.39, 0.29) is 37.2 Å². The number of nitrogens with zero attached hydrogens (tertiary/aromatic N) is 2. The van der Waals surface area contributed by atoms with Crippen molar-refractivity contribution in [1.29, 1.82) is 0 Å². The predicted molar refractivity (Wildman–Crippen MR) is 162 cm³/mol. The molecule has 1 aliphatic carbocycles. The molecular weight excluding hydrogens is 550 g/mol. The van der Waals surface area contributed by atoms with Crippen molar-refractivity contribution >= 4 is 41.2 Å². The molecule has 1 heterocycles. The van der Waals surface area contributed by atoms with Gasteiger partial charge in [0.2, 0.25) is 5.91 Å². The van der Waals surface area contributed by atoms with Crippen LogP contribution in [0.25, 0.3) is 0 Å². The van der Waals surface area contributed by atoms with Crippen molar-refractivity contribution in [3.63, 3.8) is 0 Å². The minimum atomic E-state index is -1.05. The van der Waals surface area contributed by atoms with Crippen LogP contribution < -0.4 is 16.0 Å². The first-order chi connectivity index (χ1) is 20.5. The smallest absolute Gasteiger partial charge is 0.328 e. The van der Waals surface area contributed by atoms with E-state index in [1.165, 1.54) is 0 Å². The fourth-order valence-corrected chi connectivity index (χ4v) is 5.97. The lowest BCUT2D eigenvalue weighted by Gasteiger charge is -2.38. The first-order valence-corrected chi connectivity index (χ1v) is 14.9. The largest absolute Gasteiger partial charge is 0.481 e. The average molecular weight is 592 g/mol. The number of carboxylic acid groups (broad SMARTS) is 1. The maximum absolute atomic E-state index is 14.1.